The van der Waals surface area contributed by atoms with Crippen LogP contribution in [0, 0.1) is 10.8 Å². The summed E-state index contributed by atoms with van der Waals surface area (Å²) in [5.74, 6) is -1.07. The lowest BCUT2D eigenvalue weighted by Crippen LogP contribution is -2.13. The van der Waals surface area contributed by atoms with E-state index in [4.69, 9.17) is 22.3 Å². The van der Waals surface area contributed by atoms with Crippen molar-refractivity contribution in [2.45, 2.75) is 25.2 Å². The molecule has 0 amide bonds. The van der Waals surface area contributed by atoms with Crippen molar-refractivity contribution in [1.82, 2.24) is 0 Å². The van der Waals surface area contributed by atoms with Gasteiger partial charge in [-0.15, -0.1) is 0 Å². The van der Waals surface area contributed by atoms with E-state index in [1.54, 1.807) is 24.3 Å². The summed E-state index contributed by atoms with van der Waals surface area (Å²) in [6.07, 6.45) is 1.31. The van der Waals surface area contributed by atoms with E-state index in [2.05, 4.69) is 0 Å². The minimum Gasteiger partial charge on any atom is -0.481 e. The highest BCUT2D eigenvalue weighted by atomic mass is 16.4. The van der Waals surface area contributed by atoms with Crippen LogP contribution in [0.4, 0.5) is 0 Å². The number of carboxylic acids is 1. The Morgan fingerprint density at radius 2 is 1.60 bits per heavy atom. The van der Waals surface area contributed by atoms with E-state index in [1.165, 1.54) is 0 Å². The monoisotopic (exact) mass is 338 g/mol. The highest BCUT2D eigenvalue weighted by molar-refractivity contribution is 5.95. The summed E-state index contributed by atoms with van der Waals surface area (Å²) >= 11 is 0. The van der Waals surface area contributed by atoms with Crippen molar-refractivity contribution in [3.63, 3.8) is 0 Å². The van der Waals surface area contributed by atoms with Crippen LogP contribution in [0.25, 0.3) is 0 Å². The maximum Gasteiger partial charge on any atom is 0.303 e. The molecule has 0 heterocycles. The van der Waals surface area contributed by atoms with E-state index in [1.807, 2.05) is 24.3 Å². The van der Waals surface area contributed by atoms with Gasteiger partial charge in [0.05, 0.1) is 6.42 Å². The number of nitrogens with two attached hydrogens (primary N) is 2. The molecular formula is C19H22N4O2. The predicted molar refractivity (Wildman–Crippen MR) is 98.2 cm³/mol. The third-order valence-corrected chi connectivity index (χ3v) is 4.11. The maximum absolute atomic E-state index is 11.2. The van der Waals surface area contributed by atoms with Crippen LogP contribution in [0.5, 0.6) is 0 Å². The zero-order chi connectivity index (χ0) is 18.4. The molecule has 0 fully saturated rings. The highest BCUT2D eigenvalue weighted by Crippen LogP contribution is 2.26. The molecule has 0 spiro atoms. The van der Waals surface area contributed by atoms with Crippen molar-refractivity contribution in [2.24, 2.45) is 11.5 Å². The van der Waals surface area contributed by atoms with Crippen molar-refractivity contribution in [2.75, 3.05) is 0 Å². The maximum atomic E-state index is 11.2. The lowest BCUT2D eigenvalue weighted by molar-refractivity contribution is -0.137. The molecule has 7 N–H and O–H groups in total. The van der Waals surface area contributed by atoms with Crippen molar-refractivity contribution in [3.05, 3.63) is 70.8 Å². The van der Waals surface area contributed by atoms with Gasteiger partial charge >= 0.3 is 5.97 Å². The largest absolute Gasteiger partial charge is 0.481 e. The topological polar surface area (TPSA) is 137 Å². The van der Waals surface area contributed by atoms with Crippen molar-refractivity contribution < 1.29 is 9.90 Å². The van der Waals surface area contributed by atoms with Gasteiger partial charge < -0.3 is 16.6 Å². The number of aliphatic carboxylic acids is 1. The predicted octanol–water partition coefficient (Wildman–Crippen LogP) is 2.45. The summed E-state index contributed by atoms with van der Waals surface area (Å²) in [6, 6.07) is 14.6. The molecule has 2 aromatic rings. The SMILES string of the molecule is N=C(N)c1cccc(CCC(CC(=O)O)c2cccc(C(=N)N)c2)c1. The number of carboxylic acid groups (broad SMARTS) is 1. The minimum atomic E-state index is -0.865. The zero-order valence-corrected chi connectivity index (χ0v) is 13.8. The number of aryl methyl sites for hydroxylation is 1. The van der Waals surface area contributed by atoms with Gasteiger partial charge in [-0.2, -0.15) is 0 Å². The molecule has 0 saturated heterocycles. The van der Waals surface area contributed by atoms with Crippen LogP contribution in [0.2, 0.25) is 0 Å². The Labute approximate surface area is 146 Å². The summed E-state index contributed by atoms with van der Waals surface area (Å²) in [6.45, 7) is 0. The summed E-state index contributed by atoms with van der Waals surface area (Å²) in [7, 11) is 0. The first-order chi connectivity index (χ1) is 11.9. The van der Waals surface area contributed by atoms with Gasteiger partial charge in [-0.1, -0.05) is 36.4 Å². The fraction of sp³-hybridized carbons (Fsp3) is 0.211. The van der Waals surface area contributed by atoms with Gasteiger partial charge in [-0.05, 0) is 42.0 Å². The summed E-state index contributed by atoms with van der Waals surface area (Å²) in [5.41, 5.74) is 14.2. The lowest BCUT2D eigenvalue weighted by Gasteiger charge is -2.16. The van der Waals surface area contributed by atoms with E-state index < -0.39 is 5.97 Å². The molecule has 0 aliphatic heterocycles. The first-order valence-electron chi connectivity index (χ1n) is 7.96. The van der Waals surface area contributed by atoms with Gasteiger partial charge in [0.15, 0.2) is 0 Å². The Balaban J connectivity index is 2.19. The third-order valence-electron chi connectivity index (χ3n) is 4.11. The second-order valence-corrected chi connectivity index (χ2v) is 5.99. The second-order valence-electron chi connectivity index (χ2n) is 5.99. The van der Waals surface area contributed by atoms with Crippen molar-refractivity contribution >= 4 is 17.6 Å². The third kappa shape index (κ3) is 5.17. The zero-order valence-electron chi connectivity index (χ0n) is 13.8. The Bertz CT molecular complexity index is 802. The number of rotatable bonds is 8. The summed E-state index contributed by atoms with van der Waals surface area (Å²) < 4.78 is 0. The average Bonchev–Trinajstić information content (AvgIpc) is 2.58. The summed E-state index contributed by atoms with van der Waals surface area (Å²) in [5, 5.41) is 24.3. The molecule has 0 saturated carbocycles. The van der Waals surface area contributed by atoms with E-state index in [0.717, 1.165) is 11.1 Å². The molecule has 25 heavy (non-hydrogen) atoms. The number of carbonyl (C=O) groups is 1. The molecular weight excluding hydrogens is 316 g/mol. The van der Waals surface area contributed by atoms with Crippen LogP contribution >= 0.6 is 0 Å². The van der Waals surface area contributed by atoms with Crippen LogP contribution in [-0.4, -0.2) is 22.7 Å². The smallest absolute Gasteiger partial charge is 0.303 e. The van der Waals surface area contributed by atoms with Gasteiger partial charge in [-0.3, -0.25) is 15.6 Å². The van der Waals surface area contributed by atoms with Crippen molar-refractivity contribution in [1.29, 1.82) is 10.8 Å². The Hall–Kier alpha value is -3.15. The quantitative estimate of drug-likeness (QED) is 0.373. The molecule has 0 aliphatic rings. The first-order valence-corrected chi connectivity index (χ1v) is 7.96. The van der Waals surface area contributed by atoms with Gasteiger partial charge in [0.25, 0.3) is 0 Å². The Kier molecular flexibility index (Phi) is 5.89. The van der Waals surface area contributed by atoms with E-state index in [-0.39, 0.29) is 24.0 Å². The number of nitrogen functional groups attached to an aromatic ring is 2. The number of hydrogen-bond acceptors (Lipinski definition) is 3. The van der Waals surface area contributed by atoms with E-state index >= 15 is 0 Å². The molecule has 130 valence electrons. The first kappa shape index (κ1) is 18.2. The normalized spacial score (nSPS) is 11.7. The van der Waals surface area contributed by atoms with Crippen LogP contribution in [0.15, 0.2) is 48.5 Å². The minimum absolute atomic E-state index is 0.00770. The number of nitrogens with one attached hydrogen (secondary N) is 2. The van der Waals surface area contributed by atoms with Crippen LogP contribution in [0.1, 0.15) is 41.0 Å². The average molecular weight is 338 g/mol. The van der Waals surface area contributed by atoms with Crippen molar-refractivity contribution in [3.8, 4) is 0 Å². The standard InChI is InChI=1S/C19H22N4O2/c20-18(21)15-5-1-3-12(9-15)7-8-14(11-17(24)25)13-4-2-6-16(10-13)19(22)23/h1-6,9-10,14H,7-8,11H2,(H3,20,21)(H3,22,23)(H,24,25). The number of hydrogen-bond donors (Lipinski definition) is 5. The molecule has 6 heteroatoms. The van der Waals surface area contributed by atoms with Crippen LogP contribution in [0.3, 0.4) is 0 Å². The molecule has 1 unspecified atom stereocenters. The van der Waals surface area contributed by atoms with Gasteiger partial charge in [0.2, 0.25) is 0 Å². The fourth-order valence-electron chi connectivity index (χ4n) is 2.79. The molecule has 0 radical (unpaired) electrons. The highest BCUT2D eigenvalue weighted by Gasteiger charge is 2.17. The van der Waals surface area contributed by atoms with E-state index in [9.17, 15) is 9.90 Å². The fourth-order valence-corrected chi connectivity index (χ4v) is 2.79. The molecule has 0 aliphatic carbocycles. The molecule has 2 aromatic carbocycles. The second kappa shape index (κ2) is 8.10. The summed E-state index contributed by atoms with van der Waals surface area (Å²) in [4.78, 5) is 11.2. The Morgan fingerprint density at radius 3 is 2.20 bits per heavy atom. The molecule has 0 bridgehead atoms. The van der Waals surface area contributed by atoms with E-state index in [0.29, 0.717) is 24.0 Å². The van der Waals surface area contributed by atoms with Gasteiger partial charge in [0.1, 0.15) is 11.7 Å². The van der Waals surface area contributed by atoms with Gasteiger partial charge in [-0.25, -0.2) is 0 Å². The van der Waals surface area contributed by atoms with Gasteiger partial charge in [0, 0.05) is 11.1 Å². The van der Waals surface area contributed by atoms with Crippen LogP contribution < -0.4 is 11.5 Å². The lowest BCUT2D eigenvalue weighted by atomic mass is 9.88. The van der Waals surface area contributed by atoms with Crippen LogP contribution in [-0.2, 0) is 11.2 Å². The molecule has 0 aromatic heterocycles. The number of benzene rings is 2. The molecule has 2 rings (SSSR count). The molecule has 6 nitrogen and oxygen atoms in total. The number of amidine groups is 2. The Morgan fingerprint density at radius 1 is 1.00 bits per heavy atom. The molecule has 1 atom stereocenters.